The number of hydrogen-bond donors (Lipinski definition) is 1. The van der Waals surface area contributed by atoms with Crippen molar-refractivity contribution in [2.45, 2.75) is 13.8 Å². The van der Waals surface area contributed by atoms with Crippen molar-refractivity contribution < 1.29 is 14.6 Å². The van der Waals surface area contributed by atoms with Gasteiger partial charge in [0.2, 0.25) is 0 Å². The van der Waals surface area contributed by atoms with Gasteiger partial charge in [0.15, 0.2) is 11.5 Å². The molecule has 0 unspecified atom stereocenters. The van der Waals surface area contributed by atoms with Crippen LogP contribution < -0.4 is 9.64 Å². The SMILES string of the molecule is CCN(CC)c1cc(C(=O)O)nc(-c2ccc(OC)cc2)n1. The Balaban J connectivity index is 2.51. The summed E-state index contributed by atoms with van der Waals surface area (Å²) >= 11 is 0. The monoisotopic (exact) mass is 301 g/mol. The van der Waals surface area contributed by atoms with Crippen LogP contribution in [0, 0.1) is 0 Å². The Morgan fingerprint density at radius 2 is 1.82 bits per heavy atom. The van der Waals surface area contributed by atoms with Crippen LogP contribution in [0.25, 0.3) is 11.4 Å². The van der Waals surface area contributed by atoms with Crippen molar-refractivity contribution in [2.75, 3.05) is 25.1 Å². The summed E-state index contributed by atoms with van der Waals surface area (Å²) in [7, 11) is 1.59. The molecule has 0 aliphatic heterocycles. The quantitative estimate of drug-likeness (QED) is 0.884. The zero-order valence-electron chi connectivity index (χ0n) is 12.9. The highest BCUT2D eigenvalue weighted by molar-refractivity contribution is 5.87. The van der Waals surface area contributed by atoms with Crippen LogP contribution in [0.1, 0.15) is 24.3 Å². The van der Waals surface area contributed by atoms with Crippen LogP contribution in [0.2, 0.25) is 0 Å². The molecule has 6 heteroatoms. The van der Waals surface area contributed by atoms with Gasteiger partial charge in [-0.05, 0) is 38.1 Å². The number of rotatable bonds is 6. The van der Waals surface area contributed by atoms with E-state index in [1.54, 1.807) is 19.2 Å². The van der Waals surface area contributed by atoms with Crippen LogP contribution in [0.4, 0.5) is 5.82 Å². The first-order chi connectivity index (χ1) is 10.6. The standard InChI is InChI=1S/C16H19N3O3/c1-4-19(5-2)14-10-13(16(20)21)17-15(18-14)11-6-8-12(22-3)9-7-11/h6-10H,4-5H2,1-3H3,(H,20,21). The number of aromatic nitrogens is 2. The lowest BCUT2D eigenvalue weighted by molar-refractivity contribution is 0.0690. The van der Waals surface area contributed by atoms with Crippen LogP contribution in [0.3, 0.4) is 0 Å². The molecule has 2 rings (SSSR count). The van der Waals surface area contributed by atoms with E-state index < -0.39 is 5.97 Å². The van der Waals surface area contributed by atoms with Crippen molar-refractivity contribution in [1.29, 1.82) is 0 Å². The lowest BCUT2D eigenvalue weighted by Gasteiger charge is -2.20. The van der Waals surface area contributed by atoms with Gasteiger partial charge in [0.05, 0.1) is 7.11 Å². The Kier molecular flexibility index (Phi) is 4.93. The van der Waals surface area contributed by atoms with E-state index in [0.29, 0.717) is 11.6 Å². The number of nitrogens with zero attached hydrogens (tertiary/aromatic N) is 3. The molecule has 0 radical (unpaired) electrons. The highest BCUT2D eigenvalue weighted by Gasteiger charge is 2.14. The molecule has 6 nitrogen and oxygen atoms in total. The molecule has 1 N–H and O–H groups in total. The maximum absolute atomic E-state index is 11.3. The van der Waals surface area contributed by atoms with Crippen molar-refractivity contribution in [1.82, 2.24) is 9.97 Å². The Hall–Kier alpha value is -2.63. The molecule has 0 spiro atoms. The first-order valence-electron chi connectivity index (χ1n) is 7.10. The summed E-state index contributed by atoms with van der Waals surface area (Å²) in [5, 5.41) is 9.26. The number of aromatic carboxylic acids is 1. The molecular formula is C16H19N3O3. The largest absolute Gasteiger partial charge is 0.497 e. The second-order valence-electron chi connectivity index (χ2n) is 4.64. The van der Waals surface area contributed by atoms with Gasteiger partial charge in [-0.2, -0.15) is 0 Å². The minimum Gasteiger partial charge on any atom is -0.497 e. The Labute approximate surface area is 129 Å². The maximum atomic E-state index is 11.3. The molecule has 0 fully saturated rings. The Morgan fingerprint density at radius 1 is 1.18 bits per heavy atom. The third-order valence-corrected chi connectivity index (χ3v) is 3.37. The van der Waals surface area contributed by atoms with Gasteiger partial charge in [-0.3, -0.25) is 0 Å². The van der Waals surface area contributed by atoms with Gasteiger partial charge in [0.1, 0.15) is 11.6 Å². The van der Waals surface area contributed by atoms with Gasteiger partial charge < -0.3 is 14.7 Å². The molecule has 116 valence electrons. The minimum absolute atomic E-state index is 0.0114. The third-order valence-electron chi connectivity index (χ3n) is 3.37. The van der Waals surface area contributed by atoms with E-state index in [9.17, 15) is 9.90 Å². The van der Waals surface area contributed by atoms with Crippen LogP contribution in [0.15, 0.2) is 30.3 Å². The van der Waals surface area contributed by atoms with Gasteiger partial charge >= 0.3 is 5.97 Å². The summed E-state index contributed by atoms with van der Waals surface area (Å²) in [6.45, 7) is 5.49. The predicted octanol–water partition coefficient (Wildman–Crippen LogP) is 2.70. The average molecular weight is 301 g/mol. The Morgan fingerprint density at radius 3 is 2.32 bits per heavy atom. The molecular weight excluding hydrogens is 282 g/mol. The molecule has 0 bridgehead atoms. The third kappa shape index (κ3) is 3.33. The Bertz CT molecular complexity index is 652. The molecule has 0 saturated heterocycles. The molecule has 0 saturated carbocycles. The molecule has 0 aliphatic rings. The zero-order chi connectivity index (χ0) is 16.1. The number of carboxylic acids is 1. The molecule has 0 atom stereocenters. The van der Waals surface area contributed by atoms with Crippen molar-refractivity contribution in [2.24, 2.45) is 0 Å². The van der Waals surface area contributed by atoms with Crippen LogP contribution in [-0.2, 0) is 0 Å². The van der Waals surface area contributed by atoms with Crippen LogP contribution in [0.5, 0.6) is 5.75 Å². The summed E-state index contributed by atoms with van der Waals surface area (Å²) in [6, 6.07) is 8.71. The topological polar surface area (TPSA) is 75.6 Å². The summed E-state index contributed by atoms with van der Waals surface area (Å²) < 4.78 is 5.12. The predicted molar refractivity (Wildman–Crippen MR) is 84.5 cm³/mol. The van der Waals surface area contributed by atoms with Gasteiger partial charge in [0.25, 0.3) is 0 Å². The van der Waals surface area contributed by atoms with Crippen molar-refractivity contribution in [3.63, 3.8) is 0 Å². The smallest absolute Gasteiger partial charge is 0.354 e. The van der Waals surface area contributed by atoms with Crippen LogP contribution in [-0.4, -0.2) is 41.2 Å². The van der Waals surface area contributed by atoms with E-state index >= 15 is 0 Å². The number of carboxylic acid groups (broad SMARTS) is 1. The number of benzene rings is 1. The maximum Gasteiger partial charge on any atom is 0.354 e. The second-order valence-corrected chi connectivity index (χ2v) is 4.64. The lowest BCUT2D eigenvalue weighted by Crippen LogP contribution is -2.24. The lowest BCUT2D eigenvalue weighted by atomic mass is 10.2. The van der Waals surface area contributed by atoms with Gasteiger partial charge in [0, 0.05) is 24.7 Å². The average Bonchev–Trinajstić information content (AvgIpc) is 2.56. The number of anilines is 1. The molecule has 1 aromatic carbocycles. The zero-order valence-corrected chi connectivity index (χ0v) is 12.9. The highest BCUT2D eigenvalue weighted by atomic mass is 16.5. The number of hydrogen-bond acceptors (Lipinski definition) is 5. The van der Waals surface area contributed by atoms with E-state index in [1.165, 1.54) is 6.07 Å². The van der Waals surface area contributed by atoms with Crippen molar-refractivity contribution >= 4 is 11.8 Å². The minimum atomic E-state index is -1.06. The van der Waals surface area contributed by atoms with E-state index in [1.807, 2.05) is 30.9 Å². The fraction of sp³-hybridized carbons (Fsp3) is 0.312. The number of carbonyl (C=O) groups is 1. The second kappa shape index (κ2) is 6.89. The van der Waals surface area contributed by atoms with Gasteiger partial charge in [-0.15, -0.1) is 0 Å². The van der Waals surface area contributed by atoms with E-state index in [-0.39, 0.29) is 5.69 Å². The molecule has 0 amide bonds. The normalized spacial score (nSPS) is 10.3. The first kappa shape index (κ1) is 15.8. The van der Waals surface area contributed by atoms with Gasteiger partial charge in [-0.25, -0.2) is 14.8 Å². The first-order valence-corrected chi connectivity index (χ1v) is 7.10. The summed E-state index contributed by atoms with van der Waals surface area (Å²) in [4.78, 5) is 21.9. The molecule has 2 aromatic rings. The molecule has 22 heavy (non-hydrogen) atoms. The highest BCUT2D eigenvalue weighted by Crippen LogP contribution is 2.22. The summed E-state index contributed by atoms with van der Waals surface area (Å²) in [6.07, 6.45) is 0. The number of ether oxygens (including phenoxy) is 1. The summed E-state index contributed by atoms with van der Waals surface area (Å²) in [5.74, 6) is 0.667. The van der Waals surface area contributed by atoms with Crippen molar-refractivity contribution in [3.8, 4) is 17.1 Å². The fourth-order valence-electron chi connectivity index (χ4n) is 2.12. The number of methoxy groups -OCH3 is 1. The van der Waals surface area contributed by atoms with E-state index in [2.05, 4.69) is 9.97 Å². The molecule has 0 aliphatic carbocycles. The van der Waals surface area contributed by atoms with E-state index in [4.69, 9.17) is 4.74 Å². The van der Waals surface area contributed by atoms with E-state index in [0.717, 1.165) is 24.4 Å². The fourth-order valence-corrected chi connectivity index (χ4v) is 2.12. The van der Waals surface area contributed by atoms with Crippen molar-refractivity contribution in [3.05, 3.63) is 36.0 Å². The van der Waals surface area contributed by atoms with Crippen LogP contribution >= 0.6 is 0 Å². The summed E-state index contributed by atoms with van der Waals surface area (Å²) in [5.41, 5.74) is 0.736. The molecule has 1 heterocycles. The van der Waals surface area contributed by atoms with Gasteiger partial charge in [-0.1, -0.05) is 0 Å². The molecule has 1 aromatic heterocycles.